The van der Waals surface area contributed by atoms with E-state index in [2.05, 4.69) is 25.7 Å². The monoisotopic (exact) mass is 347 g/mol. The van der Waals surface area contributed by atoms with Gasteiger partial charge in [0.2, 0.25) is 5.91 Å². The Balaban J connectivity index is 1.33. The molecule has 1 amide bonds. The lowest BCUT2D eigenvalue weighted by atomic mass is 10.0. The Morgan fingerprint density at radius 3 is 2.84 bits per heavy atom. The second kappa shape index (κ2) is 9.56. The minimum atomic E-state index is 0.154. The first-order chi connectivity index (χ1) is 12.3. The third-order valence-corrected chi connectivity index (χ3v) is 5.02. The van der Waals surface area contributed by atoms with Crippen LogP contribution >= 0.6 is 0 Å². The number of carbonyl (C=O) groups excluding carboxylic acids is 1. The lowest BCUT2D eigenvalue weighted by Crippen LogP contribution is -2.36. The molecule has 1 aliphatic carbocycles. The Morgan fingerprint density at radius 2 is 2.04 bits per heavy atom. The minimum absolute atomic E-state index is 0.154. The van der Waals surface area contributed by atoms with E-state index >= 15 is 0 Å². The minimum Gasteiger partial charge on any atom is -0.378 e. The summed E-state index contributed by atoms with van der Waals surface area (Å²) in [6.45, 7) is 4.50. The van der Waals surface area contributed by atoms with E-state index in [1.807, 2.05) is 6.07 Å². The van der Waals surface area contributed by atoms with Gasteiger partial charge in [-0.25, -0.2) is 0 Å². The number of morpholine rings is 1. The highest BCUT2D eigenvalue weighted by molar-refractivity contribution is 5.75. The molecule has 0 aromatic carbocycles. The summed E-state index contributed by atoms with van der Waals surface area (Å²) in [5.74, 6) is 1.66. The van der Waals surface area contributed by atoms with Crippen LogP contribution in [0.2, 0.25) is 0 Å². The number of nitrogens with zero attached hydrogens (tertiary/aromatic N) is 3. The summed E-state index contributed by atoms with van der Waals surface area (Å²) in [4.78, 5) is 14.1. The zero-order valence-corrected chi connectivity index (χ0v) is 14.9. The number of carbonyl (C=O) groups is 1. The molecule has 1 aromatic rings. The average Bonchev–Trinajstić information content (AvgIpc) is 3.18. The molecule has 0 bridgehead atoms. The van der Waals surface area contributed by atoms with Crippen LogP contribution in [-0.2, 0) is 9.53 Å². The summed E-state index contributed by atoms with van der Waals surface area (Å²) in [5, 5.41) is 14.4. The van der Waals surface area contributed by atoms with Gasteiger partial charge in [-0.2, -0.15) is 5.10 Å². The quantitative estimate of drug-likeness (QED) is 0.698. The van der Waals surface area contributed by atoms with Crippen LogP contribution in [0, 0.1) is 5.92 Å². The molecule has 1 saturated heterocycles. The van der Waals surface area contributed by atoms with E-state index in [0.717, 1.165) is 50.1 Å². The van der Waals surface area contributed by atoms with E-state index in [0.29, 0.717) is 19.5 Å². The van der Waals surface area contributed by atoms with Crippen molar-refractivity contribution in [3.05, 3.63) is 12.3 Å². The number of hydrogen-bond donors (Lipinski definition) is 2. The van der Waals surface area contributed by atoms with Crippen LogP contribution < -0.4 is 15.5 Å². The van der Waals surface area contributed by atoms with Crippen molar-refractivity contribution in [2.24, 2.45) is 5.92 Å². The van der Waals surface area contributed by atoms with Crippen LogP contribution in [0.25, 0.3) is 0 Å². The zero-order chi connectivity index (χ0) is 17.3. The summed E-state index contributed by atoms with van der Waals surface area (Å²) in [5.41, 5.74) is 1.06. The number of anilines is 2. The SMILES string of the molecule is O=C(CCC1CCCC1)NCCNc1cc(N2CCOCC2)cnn1. The van der Waals surface area contributed by atoms with Crippen molar-refractivity contribution in [1.82, 2.24) is 15.5 Å². The number of aromatic nitrogens is 2. The van der Waals surface area contributed by atoms with Gasteiger partial charge in [0.05, 0.1) is 25.1 Å². The second-order valence-electron chi connectivity index (χ2n) is 6.86. The normalized spacial score (nSPS) is 18.3. The van der Waals surface area contributed by atoms with Gasteiger partial charge in [0.15, 0.2) is 5.82 Å². The van der Waals surface area contributed by atoms with Gasteiger partial charge in [0.1, 0.15) is 0 Å². The van der Waals surface area contributed by atoms with E-state index in [4.69, 9.17) is 4.74 Å². The lowest BCUT2D eigenvalue weighted by Gasteiger charge is -2.28. The maximum absolute atomic E-state index is 11.9. The molecule has 2 heterocycles. The molecule has 1 saturated carbocycles. The van der Waals surface area contributed by atoms with E-state index in [9.17, 15) is 4.79 Å². The third kappa shape index (κ3) is 5.85. The van der Waals surface area contributed by atoms with Gasteiger partial charge in [0, 0.05) is 38.7 Å². The molecule has 1 aromatic heterocycles. The highest BCUT2D eigenvalue weighted by Crippen LogP contribution is 2.28. The molecule has 0 spiro atoms. The van der Waals surface area contributed by atoms with Crippen molar-refractivity contribution in [2.45, 2.75) is 38.5 Å². The predicted octanol–water partition coefficient (Wildman–Crippen LogP) is 1.81. The highest BCUT2D eigenvalue weighted by Gasteiger charge is 2.16. The summed E-state index contributed by atoms with van der Waals surface area (Å²) in [6, 6.07) is 2.00. The van der Waals surface area contributed by atoms with Crippen molar-refractivity contribution in [1.29, 1.82) is 0 Å². The van der Waals surface area contributed by atoms with Gasteiger partial charge in [-0.05, 0) is 12.3 Å². The van der Waals surface area contributed by atoms with Gasteiger partial charge >= 0.3 is 0 Å². The molecule has 7 heteroatoms. The van der Waals surface area contributed by atoms with E-state index in [-0.39, 0.29) is 5.91 Å². The van der Waals surface area contributed by atoms with Crippen LogP contribution in [0.15, 0.2) is 12.3 Å². The standard InChI is InChI=1S/C18H29N5O2/c24-18(6-5-15-3-1-2-4-15)20-8-7-19-17-13-16(14-21-22-17)23-9-11-25-12-10-23/h13-15H,1-12H2,(H,19,22)(H,20,24). The fourth-order valence-corrected chi connectivity index (χ4v) is 3.55. The smallest absolute Gasteiger partial charge is 0.220 e. The zero-order valence-electron chi connectivity index (χ0n) is 14.9. The Labute approximate surface area is 149 Å². The van der Waals surface area contributed by atoms with Gasteiger partial charge in [-0.15, -0.1) is 5.10 Å². The first-order valence-corrected chi connectivity index (χ1v) is 9.47. The van der Waals surface area contributed by atoms with E-state index < -0.39 is 0 Å². The van der Waals surface area contributed by atoms with Crippen molar-refractivity contribution in [3.8, 4) is 0 Å². The molecule has 0 radical (unpaired) electrons. The molecule has 2 fully saturated rings. The Bertz CT molecular complexity index is 542. The molecule has 2 N–H and O–H groups in total. The topological polar surface area (TPSA) is 79.4 Å². The molecule has 25 heavy (non-hydrogen) atoms. The van der Waals surface area contributed by atoms with Crippen LogP contribution in [0.3, 0.4) is 0 Å². The summed E-state index contributed by atoms with van der Waals surface area (Å²) in [6.07, 6.45) is 8.73. The van der Waals surface area contributed by atoms with Crippen LogP contribution in [-0.4, -0.2) is 55.5 Å². The first kappa shape index (κ1) is 17.9. The van der Waals surface area contributed by atoms with E-state index in [1.165, 1.54) is 25.7 Å². The number of hydrogen-bond acceptors (Lipinski definition) is 6. The molecule has 138 valence electrons. The maximum Gasteiger partial charge on any atom is 0.220 e. The Hall–Kier alpha value is -1.89. The van der Waals surface area contributed by atoms with Gasteiger partial charge in [-0.1, -0.05) is 25.7 Å². The molecule has 7 nitrogen and oxygen atoms in total. The maximum atomic E-state index is 11.9. The molecular formula is C18H29N5O2. The molecular weight excluding hydrogens is 318 g/mol. The first-order valence-electron chi connectivity index (χ1n) is 9.47. The Kier molecular flexibility index (Phi) is 6.85. The fraction of sp³-hybridized carbons (Fsp3) is 0.722. The summed E-state index contributed by atoms with van der Waals surface area (Å²) in [7, 11) is 0. The highest BCUT2D eigenvalue weighted by atomic mass is 16.5. The summed E-state index contributed by atoms with van der Waals surface area (Å²) >= 11 is 0. The van der Waals surface area contributed by atoms with E-state index in [1.54, 1.807) is 6.20 Å². The van der Waals surface area contributed by atoms with Crippen LogP contribution in [0.1, 0.15) is 38.5 Å². The molecule has 0 unspecified atom stereocenters. The van der Waals surface area contributed by atoms with Crippen LogP contribution in [0.5, 0.6) is 0 Å². The number of nitrogens with one attached hydrogen (secondary N) is 2. The number of amides is 1. The predicted molar refractivity (Wildman–Crippen MR) is 97.8 cm³/mol. The molecule has 0 atom stereocenters. The summed E-state index contributed by atoms with van der Waals surface area (Å²) < 4.78 is 5.37. The number of rotatable bonds is 8. The number of ether oxygens (including phenoxy) is 1. The molecule has 1 aliphatic heterocycles. The van der Waals surface area contributed by atoms with Crippen molar-refractivity contribution >= 4 is 17.4 Å². The van der Waals surface area contributed by atoms with Gasteiger partial charge in [0.25, 0.3) is 0 Å². The lowest BCUT2D eigenvalue weighted by molar-refractivity contribution is -0.121. The van der Waals surface area contributed by atoms with Crippen molar-refractivity contribution < 1.29 is 9.53 Å². The van der Waals surface area contributed by atoms with Gasteiger partial charge < -0.3 is 20.3 Å². The van der Waals surface area contributed by atoms with Crippen molar-refractivity contribution in [3.63, 3.8) is 0 Å². The average molecular weight is 347 g/mol. The van der Waals surface area contributed by atoms with Gasteiger partial charge in [-0.3, -0.25) is 4.79 Å². The largest absolute Gasteiger partial charge is 0.378 e. The third-order valence-electron chi connectivity index (χ3n) is 5.02. The van der Waals surface area contributed by atoms with Crippen LogP contribution in [0.4, 0.5) is 11.5 Å². The van der Waals surface area contributed by atoms with Crippen molar-refractivity contribution in [2.75, 3.05) is 49.6 Å². The second-order valence-corrected chi connectivity index (χ2v) is 6.86. The molecule has 2 aliphatic rings. The fourth-order valence-electron chi connectivity index (χ4n) is 3.55. The Morgan fingerprint density at radius 1 is 1.24 bits per heavy atom. The molecule has 3 rings (SSSR count).